The van der Waals surface area contributed by atoms with Gasteiger partial charge in [0.1, 0.15) is 5.60 Å². The summed E-state index contributed by atoms with van der Waals surface area (Å²) in [5.74, 6) is 0. The number of ether oxygens (including phenoxy) is 2. The SMILES string of the molecule is C[C@H](CN[C@H]1CCCCC[C@H]1NC(=O)OC(C)(C)C)N1CCOCC1. The van der Waals surface area contributed by atoms with Gasteiger partial charge in [-0.3, -0.25) is 4.90 Å². The van der Waals surface area contributed by atoms with Crippen LogP contribution in [0, 0.1) is 0 Å². The number of alkyl carbamates (subject to hydrolysis) is 1. The largest absolute Gasteiger partial charge is 0.444 e. The van der Waals surface area contributed by atoms with Crippen LogP contribution in [-0.2, 0) is 9.47 Å². The molecule has 0 radical (unpaired) electrons. The Balaban J connectivity index is 1.84. The molecule has 0 spiro atoms. The Labute approximate surface area is 153 Å². The van der Waals surface area contributed by atoms with Crippen molar-refractivity contribution < 1.29 is 14.3 Å². The Bertz CT molecular complexity index is 405. The van der Waals surface area contributed by atoms with Gasteiger partial charge in [-0.2, -0.15) is 0 Å². The average molecular weight is 356 g/mol. The highest BCUT2D eigenvalue weighted by Gasteiger charge is 2.28. The lowest BCUT2D eigenvalue weighted by atomic mass is 10.0. The predicted molar refractivity (Wildman–Crippen MR) is 99.9 cm³/mol. The number of morpholine rings is 1. The molecule has 0 aromatic rings. The van der Waals surface area contributed by atoms with Gasteiger partial charge >= 0.3 is 6.09 Å². The molecule has 1 heterocycles. The molecular weight excluding hydrogens is 318 g/mol. The van der Waals surface area contributed by atoms with Crippen molar-refractivity contribution in [3.63, 3.8) is 0 Å². The zero-order valence-electron chi connectivity index (χ0n) is 16.5. The molecule has 0 unspecified atom stereocenters. The Morgan fingerprint density at radius 2 is 1.80 bits per heavy atom. The van der Waals surface area contributed by atoms with Gasteiger partial charge in [-0.25, -0.2) is 4.79 Å². The molecule has 2 N–H and O–H groups in total. The Morgan fingerprint density at radius 3 is 2.44 bits per heavy atom. The lowest BCUT2D eigenvalue weighted by Gasteiger charge is -2.35. The number of hydrogen-bond donors (Lipinski definition) is 2. The molecule has 2 fully saturated rings. The fourth-order valence-corrected chi connectivity index (χ4v) is 3.65. The molecule has 1 amide bonds. The number of carbonyl (C=O) groups is 1. The minimum Gasteiger partial charge on any atom is -0.444 e. The van der Waals surface area contributed by atoms with E-state index in [9.17, 15) is 4.79 Å². The van der Waals surface area contributed by atoms with E-state index in [1.54, 1.807) is 0 Å². The number of hydrogen-bond acceptors (Lipinski definition) is 5. The van der Waals surface area contributed by atoms with E-state index in [1.807, 2.05) is 20.8 Å². The lowest BCUT2D eigenvalue weighted by Crippen LogP contribution is -2.54. The third-order valence-electron chi connectivity index (χ3n) is 5.06. The smallest absolute Gasteiger partial charge is 0.407 e. The van der Waals surface area contributed by atoms with E-state index < -0.39 is 5.60 Å². The topological polar surface area (TPSA) is 62.8 Å². The van der Waals surface area contributed by atoms with Crippen LogP contribution >= 0.6 is 0 Å². The molecule has 25 heavy (non-hydrogen) atoms. The van der Waals surface area contributed by atoms with Crippen molar-refractivity contribution in [3.8, 4) is 0 Å². The molecule has 6 nitrogen and oxygen atoms in total. The van der Waals surface area contributed by atoms with Gasteiger partial charge in [-0.15, -0.1) is 0 Å². The summed E-state index contributed by atoms with van der Waals surface area (Å²) in [4.78, 5) is 14.7. The predicted octanol–water partition coefficient (Wildman–Crippen LogP) is 2.52. The molecule has 0 bridgehead atoms. The maximum Gasteiger partial charge on any atom is 0.407 e. The normalized spacial score (nSPS) is 27.4. The van der Waals surface area contributed by atoms with Gasteiger partial charge in [0.25, 0.3) is 0 Å². The number of carbonyl (C=O) groups excluding carboxylic acids is 1. The molecule has 2 rings (SSSR count). The zero-order chi connectivity index (χ0) is 18.3. The van der Waals surface area contributed by atoms with E-state index in [2.05, 4.69) is 22.5 Å². The standard InChI is InChI=1S/C19H37N3O3/c1-15(22-10-12-24-13-11-22)14-20-16-8-6-5-7-9-17(16)21-18(23)25-19(2,3)4/h15-17,20H,5-14H2,1-4H3,(H,21,23)/t15-,16+,17-/m1/s1. The number of nitrogens with one attached hydrogen (secondary N) is 2. The third kappa shape index (κ3) is 7.50. The monoisotopic (exact) mass is 355 g/mol. The molecule has 6 heteroatoms. The summed E-state index contributed by atoms with van der Waals surface area (Å²) in [6.45, 7) is 12.6. The Hall–Kier alpha value is -0.850. The summed E-state index contributed by atoms with van der Waals surface area (Å²) in [6, 6.07) is 0.946. The Morgan fingerprint density at radius 1 is 1.16 bits per heavy atom. The van der Waals surface area contributed by atoms with Crippen LogP contribution in [0.4, 0.5) is 4.79 Å². The molecule has 0 aromatic heterocycles. The van der Waals surface area contributed by atoms with Crippen LogP contribution in [0.3, 0.4) is 0 Å². The minimum absolute atomic E-state index is 0.147. The van der Waals surface area contributed by atoms with Crippen LogP contribution in [0.15, 0.2) is 0 Å². The Kier molecular flexibility index (Phi) is 7.97. The summed E-state index contributed by atoms with van der Waals surface area (Å²) in [6.07, 6.45) is 5.45. The summed E-state index contributed by atoms with van der Waals surface area (Å²) < 4.78 is 10.9. The number of amides is 1. The maximum absolute atomic E-state index is 12.2. The van der Waals surface area contributed by atoms with Crippen LogP contribution < -0.4 is 10.6 Å². The second-order valence-electron chi connectivity index (χ2n) is 8.40. The van der Waals surface area contributed by atoms with Crippen molar-refractivity contribution in [2.45, 2.75) is 83.5 Å². The number of nitrogens with zero attached hydrogens (tertiary/aromatic N) is 1. The highest BCUT2D eigenvalue weighted by molar-refractivity contribution is 5.68. The molecule has 0 aromatic carbocycles. The van der Waals surface area contributed by atoms with Gasteiger partial charge < -0.3 is 20.1 Å². The summed E-state index contributed by atoms with van der Waals surface area (Å²) in [7, 11) is 0. The lowest BCUT2D eigenvalue weighted by molar-refractivity contribution is 0.0194. The summed E-state index contributed by atoms with van der Waals surface area (Å²) in [5, 5.41) is 6.84. The minimum atomic E-state index is -0.456. The fourth-order valence-electron chi connectivity index (χ4n) is 3.65. The van der Waals surface area contributed by atoms with E-state index in [-0.39, 0.29) is 12.1 Å². The first-order valence-corrected chi connectivity index (χ1v) is 9.90. The summed E-state index contributed by atoms with van der Waals surface area (Å²) >= 11 is 0. The molecule has 1 aliphatic carbocycles. The summed E-state index contributed by atoms with van der Waals surface area (Å²) in [5.41, 5.74) is -0.456. The number of rotatable bonds is 5. The molecular formula is C19H37N3O3. The van der Waals surface area contributed by atoms with Crippen molar-refractivity contribution in [2.24, 2.45) is 0 Å². The first-order chi connectivity index (χ1) is 11.8. The molecule has 1 saturated heterocycles. The van der Waals surface area contributed by atoms with Gasteiger partial charge in [-0.1, -0.05) is 19.3 Å². The first kappa shape index (κ1) is 20.5. The van der Waals surface area contributed by atoms with E-state index in [0.717, 1.165) is 52.1 Å². The fraction of sp³-hybridized carbons (Fsp3) is 0.947. The van der Waals surface area contributed by atoms with Crippen molar-refractivity contribution in [2.75, 3.05) is 32.8 Å². The van der Waals surface area contributed by atoms with Gasteiger partial charge in [0.05, 0.1) is 13.2 Å². The van der Waals surface area contributed by atoms with E-state index in [1.165, 1.54) is 12.8 Å². The third-order valence-corrected chi connectivity index (χ3v) is 5.06. The van der Waals surface area contributed by atoms with Gasteiger partial charge in [0, 0.05) is 37.8 Å². The van der Waals surface area contributed by atoms with E-state index in [4.69, 9.17) is 9.47 Å². The molecule has 1 saturated carbocycles. The zero-order valence-corrected chi connectivity index (χ0v) is 16.5. The van der Waals surface area contributed by atoms with Crippen LogP contribution in [0.5, 0.6) is 0 Å². The molecule has 2 aliphatic rings. The van der Waals surface area contributed by atoms with Crippen LogP contribution in [-0.4, -0.2) is 67.6 Å². The van der Waals surface area contributed by atoms with Gasteiger partial charge in [-0.05, 0) is 40.5 Å². The van der Waals surface area contributed by atoms with E-state index in [0.29, 0.717) is 12.1 Å². The van der Waals surface area contributed by atoms with E-state index >= 15 is 0 Å². The first-order valence-electron chi connectivity index (χ1n) is 9.90. The van der Waals surface area contributed by atoms with Crippen molar-refractivity contribution in [1.82, 2.24) is 15.5 Å². The maximum atomic E-state index is 12.2. The highest BCUT2D eigenvalue weighted by atomic mass is 16.6. The highest BCUT2D eigenvalue weighted by Crippen LogP contribution is 2.19. The second kappa shape index (κ2) is 9.74. The van der Waals surface area contributed by atoms with Crippen LogP contribution in [0.1, 0.15) is 59.8 Å². The van der Waals surface area contributed by atoms with Crippen LogP contribution in [0.25, 0.3) is 0 Å². The molecule has 1 aliphatic heterocycles. The second-order valence-corrected chi connectivity index (χ2v) is 8.40. The van der Waals surface area contributed by atoms with Crippen molar-refractivity contribution in [1.29, 1.82) is 0 Å². The molecule has 146 valence electrons. The van der Waals surface area contributed by atoms with Crippen LogP contribution in [0.2, 0.25) is 0 Å². The van der Waals surface area contributed by atoms with Gasteiger partial charge in [0.15, 0.2) is 0 Å². The molecule has 3 atom stereocenters. The average Bonchev–Trinajstić information content (AvgIpc) is 2.77. The quantitative estimate of drug-likeness (QED) is 0.742. The van der Waals surface area contributed by atoms with Crippen molar-refractivity contribution in [3.05, 3.63) is 0 Å². The van der Waals surface area contributed by atoms with Crippen molar-refractivity contribution >= 4 is 6.09 Å². The van der Waals surface area contributed by atoms with Gasteiger partial charge in [0.2, 0.25) is 0 Å².